The summed E-state index contributed by atoms with van der Waals surface area (Å²) in [6, 6.07) is 8.84. The molecule has 3 nitrogen and oxygen atoms in total. The molecule has 0 fully saturated rings. The molecule has 15 heavy (non-hydrogen) atoms. The highest BCUT2D eigenvalue weighted by Crippen LogP contribution is 2.10. The summed E-state index contributed by atoms with van der Waals surface area (Å²) >= 11 is 3.36. The lowest BCUT2D eigenvalue weighted by atomic mass is 10.3. The van der Waals surface area contributed by atoms with Crippen LogP contribution in [0.2, 0.25) is 0 Å². The van der Waals surface area contributed by atoms with Crippen LogP contribution in [-0.2, 0) is 4.74 Å². The van der Waals surface area contributed by atoms with Crippen molar-refractivity contribution >= 4 is 22.1 Å². The predicted molar refractivity (Wildman–Crippen MR) is 61.4 cm³/mol. The van der Waals surface area contributed by atoms with Gasteiger partial charge in [0.1, 0.15) is 12.4 Å². The normalized spacial score (nSPS) is 11.9. The molecule has 4 heteroatoms. The van der Waals surface area contributed by atoms with E-state index < -0.39 is 6.16 Å². The van der Waals surface area contributed by atoms with Crippen molar-refractivity contribution in [1.82, 2.24) is 0 Å². The summed E-state index contributed by atoms with van der Waals surface area (Å²) in [4.78, 5) is 11.3. The Bertz CT molecular complexity index is 300. The fourth-order valence-corrected chi connectivity index (χ4v) is 1.02. The van der Waals surface area contributed by atoms with Crippen molar-refractivity contribution in [3.05, 3.63) is 30.3 Å². The fraction of sp³-hybridized carbons (Fsp3) is 0.364. The molecule has 1 unspecified atom stereocenters. The van der Waals surface area contributed by atoms with Crippen LogP contribution in [0, 0.1) is 0 Å². The maximum absolute atomic E-state index is 11.2. The van der Waals surface area contributed by atoms with Crippen LogP contribution in [0.25, 0.3) is 0 Å². The molecule has 0 amide bonds. The maximum Gasteiger partial charge on any atom is 0.513 e. The molecule has 0 N–H and O–H groups in total. The molecule has 0 bridgehead atoms. The summed E-state index contributed by atoms with van der Waals surface area (Å²) in [6.45, 7) is 2.33. The van der Waals surface area contributed by atoms with Gasteiger partial charge in [-0.1, -0.05) is 41.1 Å². The van der Waals surface area contributed by atoms with Crippen molar-refractivity contribution in [3.8, 4) is 5.75 Å². The number of carbonyl (C=O) groups excluding carboxylic acids is 1. The second kappa shape index (κ2) is 6.45. The monoisotopic (exact) mass is 272 g/mol. The van der Waals surface area contributed by atoms with Gasteiger partial charge in [-0.05, 0) is 18.6 Å². The lowest BCUT2D eigenvalue weighted by molar-refractivity contribution is 0.0996. The topological polar surface area (TPSA) is 35.5 Å². The Morgan fingerprint density at radius 1 is 1.40 bits per heavy atom. The Kier molecular flexibility index (Phi) is 5.18. The van der Waals surface area contributed by atoms with Gasteiger partial charge >= 0.3 is 6.16 Å². The number of rotatable bonds is 4. The van der Waals surface area contributed by atoms with Crippen LogP contribution in [0.5, 0.6) is 5.75 Å². The largest absolute Gasteiger partial charge is 0.513 e. The number of benzene rings is 1. The molecular formula is C11H13BrO3. The summed E-state index contributed by atoms with van der Waals surface area (Å²) in [6.07, 6.45) is 0.234. The quantitative estimate of drug-likeness (QED) is 0.479. The van der Waals surface area contributed by atoms with E-state index in [-0.39, 0.29) is 4.83 Å². The zero-order chi connectivity index (χ0) is 11.1. The number of hydrogen-bond donors (Lipinski definition) is 0. The summed E-state index contributed by atoms with van der Waals surface area (Å²) in [5, 5.41) is 0. The van der Waals surface area contributed by atoms with Gasteiger partial charge in [0.15, 0.2) is 0 Å². The first-order valence-corrected chi connectivity index (χ1v) is 5.67. The van der Waals surface area contributed by atoms with Crippen LogP contribution in [0.4, 0.5) is 4.79 Å². The molecule has 0 spiro atoms. The second-order valence-electron chi connectivity index (χ2n) is 2.98. The predicted octanol–water partition coefficient (Wildman–Crippen LogP) is 3.38. The van der Waals surface area contributed by atoms with E-state index in [2.05, 4.69) is 15.9 Å². The molecule has 0 aliphatic heterocycles. The number of halogens is 1. The first kappa shape index (κ1) is 12.0. The van der Waals surface area contributed by atoms with Gasteiger partial charge in [-0.3, -0.25) is 0 Å². The van der Waals surface area contributed by atoms with Gasteiger partial charge in [-0.15, -0.1) is 0 Å². The van der Waals surface area contributed by atoms with Crippen molar-refractivity contribution < 1.29 is 14.3 Å². The fourth-order valence-electron chi connectivity index (χ4n) is 0.891. The average Bonchev–Trinajstić information content (AvgIpc) is 2.27. The van der Waals surface area contributed by atoms with Crippen LogP contribution < -0.4 is 4.74 Å². The lowest BCUT2D eigenvalue weighted by Crippen LogP contribution is -2.16. The van der Waals surface area contributed by atoms with E-state index in [1.807, 2.05) is 13.0 Å². The third kappa shape index (κ3) is 4.83. The molecule has 1 aromatic rings. The summed E-state index contributed by atoms with van der Waals surface area (Å²) < 4.78 is 9.82. The number of hydrogen-bond acceptors (Lipinski definition) is 3. The minimum absolute atomic E-state index is 0.181. The van der Waals surface area contributed by atoms with E-state index in [1.165, 1.54) is 0 Å². The van der Waals surface area contributed by atoms with E-state index in [1.54, 1.807) is 24.3 Å². The Balaban J connectivity index is 2.31. The molecule has 0 heterocycles. The highest BCUT2D eigenvalue weighted by molar-refractivity contribution is 9.09. The van der Waals surface area contributed by atoms with Crippen LogP contribution in [0.3, 0.4) is 0 Å². The smallest absolute Gasteiger partial charge is 0.433 e. The van der Waals surface area contributed by atoms with Crippen molar-refractivity contribution in [2.75, 3.05) is 6.61 Å². The van der Waals surface area contributed by atoms with E-state index in [9.17, 15) is 4.79 Å². The zero-order valence-corrected chi connectivity index (χ0v) is 10.1. The van der Waals surface area contributed by atoms with Gasteiger partial charge in [-0.25, -0.2) is 4.79 Å². The Labute approximate surface area is 97.5 Å². The van der Waals surface area contributed by atoms with E-state index in [0.29, 0.717) is 12.4 Å². The highest BCUT2D eigenvalue weighted by atomic mass is 79.9. The van der Waals surface area contributed by atoms with E-state index in [4.69, 9.17) is 9.47 Å². The molecule has 1 aromatic carbocycles. The Morgan fingerprint density at radius 2 is 2.07 bits per heavy atom. The summed E-state index contributed by atoms with van der Waals surface area (Å²) in [7, 11) is 0. The summed E-state index contributed by atoms with van der Waals surface area (Å²) in [5.41, 5.74) is 0. The van der Waals surface area contributed by atoms with Gasteiger partial charge in [-0.2, -0.15) is 0 Å². The number of alkyl halides is 1. The first-order chi connectivity index (χ1) is 7.22. The SMILES string of the molecule is CCC(Br)COC(=O)Oc1ccccc1. The minimum atomic E-state index is -0.667. The van der Waals surface area contributed by atoms with Crippen molar-refractivity contribution in [2.24, 2.45) is 0 Å². The Hall–Kier alpha value is -1.03. The second-order valence-corrected chi connectivity index (χ2v) is 4.28. The van der Waals surface area contributed by atoms with Crippen molar-refractivity contribution in [1.29, 1.82) is 0 Å². The lowest BCUT2D eigenvalue weighted by Gasteiger charge is -2.08. The van der Waals surface area contributed by atoms with Crippen LogP contribution in [-0.4, -0.2) is 17.6 Å². The van der Waals surface area contributed by atoms with E-state index >= 15 is 0 Å². The molecule has 1 atom stereocenters. The van der Waals surface area contributed by atoms with Gasteiger partial charge in [0.25, 0.3) is 0 Å². The van der Waals surface area contributed by atoms with Crippen molar-refractivity contribution in [3.63, 3.8) is 0 Å². The van der Waals surface area contributed by atoms with Gasteiger partial charge in [0.05, 0.1) is 0 Å². The zero-order valence-electron chi connectivity index (χ0n) is 8.48. The van der Waals surface area contributed by atoms with Crippen LogP contribution >= 0.6 is 15.9 Å². The molecule has 0 aromatic heterocycles. The average molecular weight is 273 g/mol. The van der Waals surface area contributed by atoms with Gasteiger partial charge < -0.3 is 9.47 Å². The molecular weight excluding hydrogens is 260 g/mol. The first-order valence-electron chi connectivity index (χ1n) is 4.76. The van der Waals surface area contributed by atoms with Gasteiger partial charge in [0.2, 0.25) is 0 Å². The Morgan fingerprint density at radius 3 is 2.67 bits per heavy atom. The third-order valence-corrected chi connectivity index (χ3v) is 2.68. The molecule has 0 radical (unpaired) electrons. The molecule has 0 saturated carbocycles. The summed E-state index contributed by atoms with van der Waals surface area (Å²) in [5.74, 6) is 0.491. The molecule has 0 aliphatic rings. The molecule has 0 saturated heterocycles. The number of carbonyl (C=O) groups is 1. The van der Waals surface area contributed by atoms with Crippen LogP contribution in [0.1, 0.15) is 13.3 Å². The number of para-hydroxylation sites is 1. The van der Waals surface area contributed by atoms with Crippen molar-refractivity contribution in [2.45, 2.75) is 18.2 Å². The highest BCUT2D eigenvalue weighted by Gasteiger charge is 2.08. The van der Waals surface area contributed by atoms with Gasteiger partial charge in [0, 0.05) is 4.83 Å². The third-order valence-electron chi connectivity index (χ3n) is 1.77. The van der Waals surface area contributed by atoms with Crippen LogP contribution in [0.15, 0.2) is 30.3 Å². The molecule has 0 aliphatic carbocycles. The van der Waals surface area contributed by atoms with E-state index in [0.717, 1.165) is 6.42 Å². The maximum atomic E-state index is 11.2. The standard InChI is InChI=1S/C11H13BrO3/c1-2-9(12)8-14-11(13)15-10-6-4-3-5-7-10/h3-7,9H,2,8H2,1H3. The number of ether oxygens (including phenoxy) is 2. The minimum Gasteiger partial charge on any atom is -0.433 e. The molecule has 1 rings (SSSR count). The molecule has 82 valence electrons.